The van der Waals surface area contributed by atoms with Crippen LogP contribution in [0.5, 0.6) is 0 Å². The zero-order valence-electron chi connectivity index (χ0n) is 17.3. The van der Waals surface area contributed by atoms with Crippen LogP contribution in [0.1, 0.15) is 22.5 Å². The third-order valence-corrected chi connectivity index (χ3v) is 4.66. The van der Waals surface area contributed by atoms with Crippen LogP contribution in [0.25, 0.3) is 0 Å². The average molecular weight is 406 g/mol. The third-order valence-electron chi connectivity index (χ3n) is 4.66. The quantitative estimate of drug-likeness (QED) is 0.589. The van der Waals surface area contributed by atoms with Crippen LogP contribution >= 0.6 is 0 Å². The first-order valence-corrected chi connectivity index (χ1v) is 9.78. The minimum atomic E-state index is -0.141. The number of anilines is 1. The molecule has 30 heavy (non-hydrogen) atoms. The molecule has 0 aliphatic carbocycles. The van der Waals surface area contributed by atoms with E-state index in [4.69, 9.17) is 9.15 Å². The Morgan fingerprint density at radius 3 is 2.53 bits per heavy atom. The zero-order valence-corrected chi connectivity index (χ0v) is 17.3. The zero-order chi connectivity index (χ0) is 21.3. The second-order valence-electron chi connectivity index (χ2n) is 7.10. The summed E-state index contributed by atoms with van der Waals surface area (Å²) in [5.74, 6) is 0.445. The number of aryl methyl sites for hydroxylation is 1. The van der Waals surface area contributed by atoms with Crippen molar-refractivity contribution in [1.82, 2.24) is 5.32 Å². The average Bonchev–Trinajstić information content (AvgIpc) is 3.26. The monoisotopic (exact) mass is 406 g/mol. The number of furan rings is 1. The lowest BCUT2D eigenvalue weighted by molar-refractivity contribution is -0.122. The summed E-state index contributed by atoms with van der Waals surface area (Å²) in [6, 6.07) is 19.1. The van der Waals surface area contributed by atoms with E-state index in [2.05, 4.69) is 5.32 Å². The highest BCUT2D eigenvalue weighted by atomic mass is 16.5. The standard InChI is InChI=1S/C24H26N2O4/c1-18-8-10-19(11-9-18)16-26(24(28)17-29-2)21-6-3-5-20(13-21)14-23(27)25-15-22-7-4-12-30-22/h3-13H,14-17H2,1-2H3,(H,25,27). The molecule has 1 N–H and O–H groups in total. The Bertz CT molecular complexity index is 965. The maximum absolute atomic E-state index is 12.7. The molecule has 0 aliphatic heterocycles. The van der Waals surface area contributed by atoms with Crippen LogP contribution in [-0.4, -0.2) is 25.5 Å². The first kappa shape index (κ1) is 21.3. The lowest BCUT2D eigenvalue weighted by atomic mass is 10.1. The molecule has 3 aromatic rings. The maximum Gasteiger partial charge on any atom is 0.253 e. The Morgan fingerprint density at radius 1 is 1.03 bits per heavy atom. The van der Waals surface area contributed by atoms with Gasteiger partial charge < -0.3 is 19.4 Å². The van der Waals surface area contributed by atoms with Crippen molar-refractivity contribution in [3.05, 3.63) is 89.4 Å². The van der Waals surface area contributed by atoms with E-state index in [1.54, 1.807) is 17.2 Å². The highest BCUT2D eigenvalue weighted by molar-refractivity contribution is 5.94. The maximum atomic E-state index is 12.7. The Kier molecular flexibility index (Phi) is 7.40. The number of hydrogen-bond donors (Lipinski definition) is 1. The number of nitrogens with zero attached hydrogens (tertiary/aromatic N) is 1. The fraction of sp³-hybridized carbons (Fsp3) is 0.250. The van der Waals surface area contributed by atoms with E-state index < -0.39 is 0 Å². The molecule has 1 aromatic heterocycles. The van der Waals surface area contributed by atoms with Gasteiger partial charge in [-0.25, -0.2) is 0 Å². The molecule has 0 bridgehead atoms. The summed E-state index contributed by atoms with van der Waals surface area (Å²) in [7, 11) is 1.50. The molecule has 0 radical (unpaired) electrons. The molecule has 2 amide bonds. The number of nitrogens with one attached hydrogen (secondary N) is 1. The molecule has 6 nitrogen and oxygen atoms in total. The molecule has 6 heteroatoms. The van der Waals surface area contributed by atoms with Crippen LogP contribution in [-0.2, 0) is 33.8 Å². The lowest BCUT2D eigenvalue weighted by Crippen LogP contribution is -2.33. The topological polar surface area (TPSA) is 71.8 Å². The van der Waals surface area contributed by atoms with Crippen LogP contribution in [0, 0.1) is 6.92 Å². The van der Waals surface area contributed by atoms with Gasteiger partial charge in [-0.3, -0.25) is 9.59 Å². The van der Waals surface area contributed by atoms with Crippen molar-refractivity contribution in [1.29, 1.82) is 0 Å². The molecular weight excluding hydrogens is 380 g/mol. The lowest BCUT2D eigenvalue weighted by Gasteiger charge is -2.23. The van der Waals surface area contributed by atoms with Gasteiger partial charge in [-0.05, 0) is 42.3 Å². The van der Waals surface area contributed by atoms with Gasteiger partial charge in [-0.2, -0.15) is 0 Å². The molecule has 0 unspecified atom stereocenters. The van der Waals surface area contributed by atoms with Gasteiger partial charge in [0.25, 0.3) is 5.91 Å². The molecule has 2 aromatic carbocycles. The summed E-state index contributed by atoms with van der Waals surface area (Å²) in [6.45, 7) is 2.78. The Labute approximate surface area is 176 Å². The number of ether oxygens (including phenoxy) is 1. The number of carbonyl (C=O) groups is 2. The summed E-state index contributed by atoms with van der Waals surface area (Å²) in [5.41, 5.74) is 3.74. The minimum Gasteiger partial charge on any atom is -0.467 e. The van der Waals surface area contributed by atoms with Gasteiger partial charge in [0.2, 0.25) is 5.91 Å². The van der Waals surface area contributed by atoms with E-state index in [-0.39, 0.29) is 24.8 Å². The number of rotatable bonds is 9. The number of methoxy groups -OCH3 is 1. The van der Waals surface area contributed by atoms with E-state index in [1.165, 1.54) is 7.11 Å². The number of benzene rings is 2. The highest BCUT2D eigenvalue weighted by Crippen LogP contribution is 2.20. The fourth-order valence-electron chi connectivity index (χ4n) is 3.08. The second-order valence-corrected chi connectivity index (χ2v) is 7.10. The van der Waals surface area contributed by atoms with Gasteiger partial charge in [-0.15, -0.1) is 0 Å². The summed E-state index contributed by atoms with van der Waals surface area (Å²) in [5, 5.41) is 2.84. The smallest absolute Gasteiger partial charge is 0.253 e. The van der Waals surface area contributed by atoms with Crippen LogP contribution in [0.4, 0.5) is 5.69 Å². The van der Waals surface area contributed by atoms with Crippen molar-refractivity contribution in [2.24, 2.45) is 0 Å². The molecule has 3 rings (SSSR count). The molecule has 1 heterocycles. The van der Waals surface area contributed by atoms with E-state index in [0.717, 1.165) is 22.4 Å². The molecule has 0 saturated carbocycles. The third kappa shape index (κ3) is 6.06. The summed E-state index contributed by atoms with van der Waals surface area (Å²) in [4.78, 5) is 26.7. The summed E-state index contributed by atoms with van der Waals surface area (Å²) >= 11 is 0. The summed E-state index contributed by atoms with van der Waals surface area (Å²) in [6.07, 6.45) is 1.79. The molecular formula is C24H26N2O4. The number of carbonyl (C=O) groups excluding carboxylic acids is 2. The van der Waals surface area contributed by atoms with Crippen LogP contribution < -0.4 is 10.2 Å². The number of amides is 2. The second kappa shape index (κ2) is 10.4. The van der Waals surface area contributed by atoms with Crippen molar-refractivity contribution in [2.45, 2.75) is 26.4 Å². The normalized spacial score (nSPS) is 10.6. The van der Waals surface area contributed by atoms with E-state index in [9.17, 15) is 9.59 Å². The number of hydrogen-bond acceptors (Lipinski definition) is 4. The minimum absolute atomic E-state index is 0.0142. The molecule has 0 saturated heterocycles. The van der Waals surface area contributed by atoms with Gasteiger partial charge in [0.1, 0.15) is 12.4 Å². The largest absolute Gasteiger partial charge is 0.467 e. The van der Waals surface area contributed by atoms with Crippen molar-refractivity contribution in [2.75, 3.05) is 18.6 Å². The first-order chi connectivity index (χ1) is 14.5. The Hall–Kier alpha value is -3.38. The van der Waals surface area contributed by atoms with Crippen LogP contribution in [0.2, 0.25) is 0 Å². The Morgan fingerprint density at radius 2 is 1.83 bits per heavy atom. The first-order valence-electron chi connectivity index (χ1n) is 9.78. The molecule has 156 valence electrons. The molecule has 0 spiro atoms. The van der Waals surface area contributed by atoms with Crippen molar-refractivity contribution in [3.8, 4) is 0 Å². The predicted octanol–water partition coefficient (Wildman–Crippen LogP) is 3.63. The predicted molar refractivity (Wildman–Crippen MR) is 115 cm³/mol. The van der Waals surface area contributed by atoms with Crippen LogP contribution in [0.3, 0.4) is 0 Å². The highest BCUT2D eigenvalue weighted by Gasteiger charge is 2.17. The van der Waals surface area contributed by atoms with Gasteiger partial charge in [0.15, 0.2) is 0 Å². The van der Waals surface area contributed by atoms with Gasteiger partial charge >= 0.3 is 0 Å². The van der Waals surface area contributed by atoms with Gasteiger partial charge in [0.05, 0.1) is 25.8 Å². The van der Waals surface area contributed by atoms with Gasteiger partial charge in [0, 0.05) is 12.8 Å². The molecule has 0 aliphatic rings. The molecule has 0 atom stereocenters. The van der Waals surface area contributed by atoms with Crippen molar-refractivity contribution >= 4 is 17.5 Å². The van der Waals surface area contributed by atoms with E-state index in [1.807, 2.05) is 61.5 Å². The van der Waals surface area contributed by atoms with Gasteiger partial charge in [-0.1, -0.05) is 42.0 Å². The van der Waals surface area contributed by atoms with E-state index in [0.29, 0.717) is 18.8 Å². The Balaban J connectivity index is 1.72. The van der Waals surface area contributed by atoms with Crippen LogP contribution in [0.15, 0.2) is 71.3 Å². The fourth-order valence-corrected chi connectivity index (χ4v) is 3.08. The molecule has 0 fully saturated rings. The SMILES string of the molecule is COCC(=O)N(Cc1ccc(C)cc1)c1cccc(CC(=O)NCc2ccco2)c1. The van der Waals surface area contributed by atoms with Crippen molar-refractivity contribution < 1.29 is 18.7 Å². The summed E-state index contributed by atoms with van der Waals surface area (Å²) < 4.78 is 10.3. The van der Waals surface area contributed by atoms with Crippen molar-refractivity contribution in [3.63, 3.8) is 0 Å². The van der Waals surface area contributed by atoms with E-state index >= 15 is 0 Å².